The SMILES string of the molecule is COc1ccc(NC(=O)COc2ccc(Br)cc2/C=N\NC(=O)C(=O)NCc2ccc(C)cc2)cc1. The molecule has 3 rings (SSSR count). The number of aryl methyl sites for hydroxylation is 1. The van der Waals surface area contributed by atoms with Gasteiger partial charge in [-0.05, 0) is 55.0 Å². The van der Waals surface area contributed by atoms with Gasteiger partial charge in [0.1, 0.15) is 11.5 Å². The molecule has 10 heteroatoms. The van der Waals surface area contributed by atoms with E-state index in [-0.39, 0.29) is 19.1 Å². The number of anilines is 1. The third kappa shape index (κ3) is 8.24. The van der Waals surface area contributed by atoms with Gasteiger partial charge in [-0.1, -0.05) is 45.8 Å². The van der Waals surface area contributed by atoms with E-state index in [1.807, 2.05) is 31.2 Å². The summed E-state index contributed by atoms with van der Waals surface area (Å²) in [4.78, 5) is 36.3. The van der Waals surface area contributed by atoms with Crippen molar-refractivity contribution in [2.45, 2.75) is 13.5 Å². The minimum atomic E-state index is -0.908. The lowest BCUT2D eigenvalue weighted by atomic mass is 10.1. The molecule has 0 spiro atoms. The van der Waals surface area contributed by atoms with E-state index < -0.39 is 11.8 Å². The number of amides is 3. The number of methoxy groups -OCH3 is 1. The summed E-state index contributed by atoms with van der Waals surface area (Å²) >= 11 is 3.37. The molecule has 36 heavy (non-hydrogen) atoms. The Kier molecular flexibility index (Phi) is 9.58. The monoisotopic (exact) mass is 552 g/mol. The van der Waals surface area contributed by atoms with Gasteiger partial charge in [0.15, 0.2) is 6.61 Å². The highest BCUT2D eigenvalue weighted by Crippen LogP contribution is 2.22. The molecule has 3 aromatic carbocycles. The Morgan fingerprint density at radius 3 is 2.39 bits per heavy atom. The Bertz CT molecular complexity index is 1240. The van der Waals surface area contributed by atoms with Crippen molar-refractivity contribution >= 4 is 45.6 Å². The van der Waals surface area contributed by atoms with Crippen molar-refractivity contribution in [1.82, 2.24) is 10.7 Å². The maximum Gasteiger partial charge on any atom is 0.329 e. The van der Waals surface area contributed by atoms with Gasteiger partial charge < -0.3 is 20.1 Å². The van der Waals surface area contributed by atoms with Crippen LogP contribution in [0.25, 0.3) is 0 Å². The van der Waals surface area contributed by atoms with E-state index in [0.29, 0.717) is 22.7 Å². The van der Waals surface area contributed by atoms with Crippen molar-refractivity contribution < 1.29 is 23.9 Å². The van der Waals surface area contributed by atoms with Gasteiger partial charge in [-0.25, -0.2) is 5.43 Å². The quantitative estimate of drug-likeness (QED) is 0.213. The van der Waals surface area contributed by atoms with Gasteiger partial charge in [0.2, 0.25) is 0 Å². The normalized spacial score (nSPS) is 10.5. The molecule has 0 atom stereocenters. The van der Waals surface area contributed by atoms with Crippen molar-refractivity contribution in [2.24, 2.45) is 5.10 Å². The zero-order valence-electron chi connectivity index (χ0n) is 19.7. The first-order valence-corrected chi connectivity index (χ1v) is 11.7. The number of carbonyl (C=O) groups excluding carboxylic acids is 3. The second kappa shape index (κ2) is 13.1. The number of nitrogens with zero attached hydrogens (tertiary/aromatic N) is 1. The summed E-state index contributed by atoms with van der Waals surface area (Å²) < 4.78 is 11.5. The third-order valence-corrected chi connectivity index (χ3v) is 5.35. The van der Waals surface area contributed by atoms with E-state index >= 15 is 0 Å². The molecular formula is C26H25BrN4O5. The lowest BCUT2D eigenvalue weighted by Crippen LogP contribution is -2.37. The summed E-state index contributed by atoms with van der Waals surface area (Å²) in [5.41, 5.74) is 5.25. The first-order chi connectivity index (χ1) is 17.3. The molecule has 9 nitrogen and oxygen atoms in total. The topological polar surface area (TPSA) is 118 Å². The lowest BCUT2D eigenvalue weighted by molar-refractivity contribution is -0.139. The van der Waals surface area contributed by atoms with Crippen LogP contribution in [-0.4, -0.2) is 37.7 Å². The van der Waals surface area contributed by atoms with Gasteiger partial charge in [0.25, 0.3) is 5.91 Å². The van der Waals surface area contributed by atoms with Crippen LogP contribution in [0, 0.1) is 6.92 Å². The molecule has 0 heterocycles. The average Bonchev–Trinajstić information content (AvgIpc) is 2.88. The number of ether oxygens (including phenoxy) is 2. The predicted molar refractivity (Wildman–Crippen MR) is 140 cm³/mol. The van der Waals surface area contributed by atoms with Crippen LogP contribution in [0.4, 0.5) is 5.69 Å². The van der Waals surface area contributed by atoms with Crippen LogP contribution in [0.5, 0.6) is 11.5 Å². The van der Waals surface area contributed by atoms with Crippen molar-refractivity contribution in [3.8, 4) is 11.5 Å². The number of halogens is 1. The lowest BCUT2D eigenvalue weighted by Gasteiger charge is -2.10. The first kappa shape index (κ1) is 26.4. The van der Waals surface area contributed by atoms with Crippen LogP contribution in [-0.2, 0) is 20.9 Å². The Labute approximate surface area is 217 Å². The number of carbonyl (C=O) groups is 3. The van der Waals surface area contributed by atoms with Gasteiger partial charge >= 0.3 is 11.8 Å². The standard InChI is InChI=1S/C26H25BrN4O5/c1-17-3-5-18(6-4-17)14-28-25(33)26(34)31-29-15-19-13-20(27)7-12-23(19)36-16-24(32)30-21-8-10-22(35-2)11-9-21/h3-13,15H,14,16H2,1-2H3,(H,28,33)(H,30,32)(H,31,34)/b29-15-. The van der Waals surface area contributed by atoms with E-state index in [1.54, 1.807) is 49.6 Å². The summed E-state index contributed by atoms with van der Waals surface area (Å²) in [5.74, 6) is -1.03. The molecule has 0 saturated heterocycles. The van der Waals surface area contributed by atoms with E-state index in [1.165, 1.54) is 6.21 Å². The van der Waals surface area contributed by atoms with Crippen LogP contribution in [0.3, 0.4) is 0 Å². The Balaban J connectivity index is 1.52. The molecule has 186 valence electrons. The number of hydrazone groups is 1. The van der Waals surface area contributed by atoms with Gasteiger partial charge in [0, 0.05) is 22.3 Å². The second-order valence-electron chi connectivity index (χ2n) is 7.61. The van der Waals surface area contributed by atoms with E-state index in [4.69, 9.17) is 9.47 Å². The Hall–Kier alpha value is -4.18. The molecule has 0 fully saturated rings. The number of hydrogen-bond acceptors (Lipinski definition) is 6. The van der Waals surface area contributed by atoms with Crippen molar-refractivity contribution in [2.75, 3.05) is 19.0 Å². The largest absolute Gasteiger partial charge is 0.497 e. The molecular weight excluding hydrogens is 528 g/mol. The minimum Gasteiger partial charge on any atom is -0.497 e. The number of rotatable bonds is 9. The molecule has 0 aliphatic carbocycles. The van der Waals surface area contributed by atoms with Crippen LogP contribution in [0.1, 0.15) is 16.7 Å². The molecule has 0 unspecified atom stereocenters. The fraction of sp³-hybridized carbons (Fsp3) is 0.154. The Morgan fingerprint density at radius 1 is 0.972 bits per heavy atom. The van der Waals surface area contributed by atoms with Gasteiger partial charge in [-0.3, -0.25) is 14.4 Å². The summed E-state index contributed by atoms with van der Waals surface area (Å²) in [7, 11) is 1.56. The summed E-state index contributed by atoms with van der Waals surface area (Å²) in [5, 5.41) is 9.11. The minimum absolute atomic E-state index is 0.221. The van der Waals surface area contributed by atoms with Crippen LogP contribution in [0.2, 0.25) is 0 Å². The highest BCUT2D eigenvalue weighted by molar-refractivity contribution is 9.10. The molecule has 0 aromatic heterocycles. The van der Waals surface area contributed by atoms with Gasteiger partial charge in [-0.15, -0.1) is 0 Å². The molecule has 3 N–H and O–H groups in total. The van der Waals surface area contributed by atoms with E-state index in [9.17, 15) is 14.4 Å². The highest BCUT2D eigenvalue weighted by atomic mass is 79.9. The number of benzene rings is 3. The van der Waals surface area contributed by atoms with E-state index in [0.717, 1.165) is 15.6 Å². The van der Waals surface area contributed by atoms with Crippen molar-refractivity contribution in [3.63, 3.8) is 0 Å². The van der Waals surface area contributed by atoms with Crippen molar-refractivity contribution in [3.05, 3.63) is 87.9 Å². The van der Waals surface area contributed by atoms with Crippen LogP contribution >= 0.6 is 15.9 Å². The van der Waals surface area contributed by atoms with Gasteiger partial charge in [0.05, 0.1) is 13.3 Å². The van der Waals surface area contributed by atoms with Crippen LogP contribution < -0.4 is 25.5 Å². The molecule has 3 aromatic rings. The second-order valence-corrected chi connectivity index (χ2v) is 8.53. The molecule has 3 amide bonds. The molecule has 0 saturated carbocycles. The smallest absolute Gasteiger partial charge is 0.329 e. The zero-order valence-corrected chi connectivity index (χ0v) is 21.3. The first-order valence-electron chi connectivity index (χ1n) is 10.9. The molecule has 0 bridgehead atoms. The molecule has 0 aliphatic rings. The molecule has 0 radical (unpaired) electrons. The Morgan fingerprint density at radius 2 is 1.69 bits per heavy atom. The predicted octanol–water partition coefficient (Wildman–Crippen LogP) is 3.55. The maximum absolute atomic E-state index is 12.3. The highest BCUT2D eigenvalue weighted by Gasteiger charge is 2.12. The van der Waals surface area contributed by atoms with E-state index in [2.05, 4.69) is 37.1 Å². The molecule has 0 aliphatic heterocycles. The number of nitrogens with one attached hydrogen (secondary N) is 3. The number of hydrogen-bond donors (Lipinski definition) is 3. The average molecular weight is 553 g/mol. The van der Waals surface area contributed by atoms with Gasteiger partial charge in [-0.2, -0.15) is 5.10 Å². The fourth-order valence-corrected chi connectivity index (χ4v) is 3.32. The van der Waals surface area contributed by atoms with Crippen LogP contribution in [0.15, 0.2) is 76.3 Å². The van der Waals surface area contributed by atoms with Crippen molar-refractivity contribution in [1.29, 1.82) is 0 Å². The fourth-order valence-electron chi connectivity index (χ4n) is 2.95. The third-order valence-electron chi connectivity index (χ3n) is 4.85. The summed E-state index contributed by atoms with van der Waals surface area (Å²) in [6.07, 6.45) is 1.33. The maximum atomic E-state index is 12.3. The zero-order chi connectivity index (χ0) is 25.9. The summed E-state index contributed by atoms with van der Waals surface area (Å²) in [6.45, 7) is 1.94. The summed E-state index contributed by atoms with van der Waals surface area (Å²) in [6, 6.07) is 19.6.